The molecule has 1 amide bonds. The van der Waals surface area contributed by atoms with E-state index in [2.05, 4.69) is 32.0 Å². The largest absolute Gasteiger partial charge is 0.481 e. The number of thiocarbonyl (C=S) groups is 1. The predicted octanol–water partition coefficient (Wildman–Crippen LogP) is 6.00. The van der Waals surface area contributed by atoms with Crippen LogP contribution < -0.4 is 0 Å². The van der Waals surface area contributed by atoms with E-state index < -0.39 is 5.97 Å². The summed E-state index contributed by atoms with van der Waals surface area (Å²) >= 11 is 6.79. The fraction of sp³-hybridized carbons (Fsp3) is 0.259. The zero-order valence-corrected chi connectivity index (χ0v) is 21.4. The molecule has 1 aromatic heterocycles. The van der Waals surface area contributed by atoms with E-state index in [-0.39, 0.29) is 12.3 Å². The molecule has 1 saturated heterocycles. The first-order chi connectivity index (χ1) is 16.8. The molecule has 2 heterocycles. The van der Waals surface area contributed by atoms with E-state index in [4.69, 9.17) is 22.4 Å². The Morgan fingerprint density at radius 3 is 2.63 bits per heavy atom. The number of hydrogen-bond donors (Lipinski definition) is 1. The maximum Gasteiger partial charge on any atom is 0.303 e. The number of thioether (sulfide) groups is 1. The number of para-hydroxylation sites is 1. The van der Waals surface area contributed by atoms with Gasteiger partial charge in [-0.15, -0.1) is 0 Å². The summed E-state index contributed by atoms with van der Waals surface area (Å²) in [5.74, 6) is -0.910. The number of aromatic nitrogens is 2. The van der Waals surface area contributed by atoms with Crippen LogP contribution in [0.4, 0.5) is 0 Å². The van der Waals surface area contributed by atoms with Gasteiger partial charge >= 0.3 is 5.97 Å². The molecule has 0 aliphatic carbocycles. The number of carbonyl (C=O) groups is 2. The normalized spacial score (nSPS) is 14.8. The SMILES string of the molecule is Cc1ccc(C)c(-c2nn(-c3ccccc3)cc2/C=C2\SC(=S)N(CCCCCC(=O)O)C2=O)c1. The molecule has 0 unspecified atom stereocenters. The van der Waals surface area contributed by atoms with Crippen LogP contribution in [-0.2, 0) is 9.59 Å². The lowest BCUT2D eigenvalue weighted by molar-refractivity contribution is -0.137. The van der Waals surface area contributed by atoms with Gasteiger partial charge in [-0.25, -0.2) is 4.68 Å². The number of rotatable bonds is 9. The van der Waals surface area contributed by atoms with Gasteiger partial charge < -0.3 is 5.11 Å². The molecular formula is C27H27N3O3S2. The summed E-state index contributed by atoms with van der Waals surface area (Å²) in [6.45, 7) is 4.61. The lowest BCUT2D eigenvalue weighted by Crippen LogP contribution is -2.29. The molecule has 2 aromatic carbocycles. The third-order valence-corrected chi connectivity index (χ3v) is 7.22. The Morgan fingerprint density at radius 1 is 1.11 bits per heavy atom. The topological polar surface area (TPSA) is 75.4 Å². The van der Waals surface area contributed by atoms with Crippen molar-refractivity contribution in [2.24, 2.45) is 0 Å². The van der Waals surface area contributed by atoms with Crippen molar-refractivity contribution in [2.75, 3.05) is 6.54 Å². The standard InChI is InChI=1S/C27H27N3O3S2/c1-18-12-13-19(2)22(15-18)25-20(17-30(28-25)21-9-5-3-6-10-21)16-23-26(33)29(27(34)35-23)14-8-4-7-11-24(31)32/h3,5-6,9-10,12-13,15-17H,4,7-8,11,14H2,1-2H3,(H,31,32)/b23-16-. The number of hydrogen-bond acceptors (Lipinski definition) is 5. The first kappa shape index (κ1) is 24.9. The second-order valence-electron chi connectivity index (χ2n) is 8.57. The van der Waals surface area contributed by atoms with Gasteiger partial charge in [-0.2, -0.15) is 5.10 Å². The van der Waals surface area contributed by atoms with Crippen molar-refractivity contribution in [3.63, 3.8) is 0 Å². The first-order valence-electron chi connectivity index (χ1n) is 11.5. The fourth-order valence-corrected chi connectivity index (χ4v) is 5.26. The van der Waals surface area contributed by atoms with E-state index in [0.29, 0.717) is 28.6 Å². The minimum absolute atomic E-state index is 0.113. The Balaban J connectivity index is 1.63. The van der Waals surface area contributed by atoms with Crippen molar-refractivity contribution < 1.29 is 14.7 Å². The Morgan fingerprint density at radius 2 is 1.89 bits per heavy atom. The molecule has 6 nitrogen and oxygen atoms in total. The maximum absolute atomic E-state index is 13.2. The molecule has 0 saturated carbocycles. The monoisotopic (exact) mass is 505 g/mol. The lowest BCUT2D eigenvalue weighted by atomic mass is 10.0. The van der Waals surface area contributed by atoms with E-state index >= 15 is 0 Å². The number of aliphatic carboxylic acids is 1. The van der Waals surface area contributed by atoms with Crippen molar-refractivity contribution in [3.05, 3.63) is 76.3 Å². The Bertz CT molecular complexity index is 1300. The van der Waals surface area contributed by atoms with Gasteiger partial charge in [-0.1, -0.05) is 66.3 Å². The zero-order chi connectivity index (χ0) is 24.9. The average Bonchev–Trinajstić information content (AvgIpc) is 3.37. The Kier molecular flexibility index (Phi) is 7.83. The van der Waals surface area contributed by atoms with E-state index in [9.17, 15) is 9.59 Å². The van der Waals surface area contributed by atoms with Gasteiger partial charge in [0, 0.05) is 30.3 Å². The molecule has 8 heteroatoms. The molecule has 1 fully saturated rings. The highest BCUT2D eigenvalue weighted by Gasteiger charge is 2.32. The second-order valence-corrected chi connectivity index (χ2v) is 10.2. The van der Waals surface area contributed by atoms with Gasteiger partial charge in [0.15, 0.2) is 0 Å². The van der Waals surface area contributed by atoms with Gasteiger partial charge in [0.1, 0.15) is 10.0 Å². The molecule has 180 valence electrons. The minimum atomic E-state index is -0.797. The van der Waals surface area contributed by atoms with Gasteiger partial charge in [0.25, 0.3) is 5.91 Å². The number of unbranched alkanes of at least 4 members (excludes halogenated alkanes) is 2. The maximum atomic E-state index is 13.2. The zero-order valence-electron chi connectivity index (χ0n) is 19.7. The van der Waals surface area contributed by atoms with Crippen LogP contribution in [-0.4, -0.2) is 42.5 Å². The number of aryl methyl sites for hydroxylation is 2. The minimum Gasteiger partial charge on any atom is -0.481 e. The van der Waals surface area contributed by atoms with Gasteiger partial charge in [-0.05, 0) is 56.5 Å². The average molecular weight is 506 g/mol. The number of nitrogens with zero attached hydrogens (tertiary/aromatic N) is 3. The number of carboxylic acids is 1. The summed E-state index contributed by atoms with van der Waals surface area (Å²) in [5.41, 5.74) is 5.88. The molecule has 0 spiro atoms. The highest BCUT2D eigenvalue weighted by molar-refractivity contribution is 8.26. The van der Waals surface area contributed by atoms with Crippen LogP contribution in [0.5, 0.6) is 0 Å². The van der Waals surface area contributed by atoms with Crippen molar-refractivity contribution in [3.8, 4) is 16.9 Å². The lowest BCUT2D eigenvalue weighted by Gasteiger charge is -2.13. The summed E-state index contributed by atoms with van der Waals surface area (Å²) in [6.07, 6.45) is 6.02. The number of amides is 1. The molecule has 0 bridgehead atoms. The Hall–Kier alpha value is -3.23. The van der Waals surface area contributed by atoms with E-state index in [1.807, 2.05) is 47.3 Å². The predicted molar refractivity (Wildman–Crippen MR) is 144 cm³/mol. The molecule has 1 aliphatic rings. The first-order valence-corrected chi connectivity index (χ1v) is 12.8. The quantitative estimate of drug-likeness (QED) is 0.218. The number of carbonyl (C=O) groups excluding carboxylic acids is 1. The van der Waals surface area contributed by atoms with Crippen LogP contribution in [0.3, 0.4) is 0 Å². The summed E-state index contributed by atoms with van der Waals surface area (Å²) in [6, 6.07) is 16.2. The van der Waals surface area contributed by atoms with Gasteiger partial charge in [0.05, 0.1) is 10.6 Å². The van der Waals surface area contributed by atoms with E-state index in [1.165, 1.54) is 11.8 Å². The van der Waals surface area contributed by atoms with E-state index in [0.717, 1.165) is 40.1 Å². The van der Waals surface area contributed by atoms with Crippen LogP contribution >= 0.6 is 24.0 Å². The molecule has 0 radical (unpaired) electrons. The Labute approximate surface area is 214 Å². The smallest absolute Gasteiger partial charge is 0.303 e. The number of carboxylic acid groups (broad SMARTS) is 1. The van der Waals surface area contributed by atoms with Crippen LogP contribution in [0.25, 0.3) is 23.0 Å². The van der Waals surface area contributed by atoms with Crippen LogP contribution in [0, 0.1) is 13.8 Å². The summed E-state index contributed by atoms with van der Waals surface area (Å²) in [7, 11) is 0. The summed E-state index contributed by atoms with van der Waals surface area (Å²) < 4.78 is 2.37. The van der Waals surface area contributed by atoms with E-state index in [1.54, 1.807) is 4.90 Å². The van der Waals surface area contributed by atoms with Crippen molar-refractivity contribution in [2.45, 2.75) is 39.5 Å². The third kappa shape index (κ3) is 5.89. The molecule has 0 atom stereocenters. The highest BCUT2D eigenvalue weighted by Crippen LogP contribution is 2.36. The molecule has 1 N–H and O–H groups in total. The molecule has 3 aromatic rings. The second kappa shape index (κ2) is 11.0. The molecule has 1 aliphatic heterocycles. The molecule has 4 rings (SSSR count). The fourth-order valence-electron chi connectivity index (χ4n) is 3.96. The van der Waals surface area contributed by atoms with Crippen LogP contribution in [0.1, 0.15) is 42.4 Å². The van der Waals surface area contributed by atoms with Crippen molar-refractivity contribution >= 4 is 46.3 Å². The molecule has 35 heavy (non-hydrogen) atoms. The highest BCUT2D eigenvalue weighted by atomic mass is 32.2. The van der Waals surface area contributed by atoms with Crippen LogP contribution in [0.2, 0.25) is 0 Å². The number of benzene rings is 2. The van der Waals surface area contributed by atoms with Crippen molar-refractivity contribution in [1.29, 1.82) is 0 Å². The third-order valence-electron chi connectivity index (χ3n) is 5.84. The van der Waals surface area contributed by atoms with Gasteiger partial charge in [0.2, 0.25) is 0 Å². The van der Waals surface area contributed by atoms with Crippen LogP contribution in [0.15, 0.2) is 59.6 Å². The summed E-state index contributed by atoms with van der Waals surface area (Å²) in [5, 5.41) is 13.7. The molecular weight excluding hydrogens is 478 g/mol. The summed E-state index contributed by atoms with van der Waals surface area (Å²) in [4.78, 5) is 26.1. The van der Waals surface area contributed by atoms with Crippen molar-refractivity contribution in [1.82, 2.24) is 14.7 Å². The van der Waals surface area contributed by atoms with Gasteiger partial charge in [-0.3, -0.25) is 14.5 Å².